The van der Waals surface area contributed by atoms with Crippen LogP contribution in [0.25, 0.3) is 9.88 Å². The maximum Gasteiger partial charge on any atom is 0.309 e. The van der Waals surface area contributed by atoms with Gasteiger partial charge in [-0.1, -0.05) is 4.68 Å². The van der Waals surface area contributed by atoms with Crippen molar-refractivity contribution in [3.8, 4) is 9.88 Å². The van der Waals surface area contributed by atoms with Crippen LogP contribution in [0.2, 0.25) is 0 Å². The lowest BCUT2D eigenvalue weighted by molar-refractivity contribution is -0.745. The van der Waals surface area contributed by atoms with Crippen LogP contribution in [0.15, 0.2) is 17.8 Å². The van der Waals surface area contributed by atoms with Crippen LogP contribution >= 0.6 is 22.9 Å². The number of carboxylic acid groups (broad SMARTS) is 1. The fourth-order valence-electron chi connectivity index (χ4n) is 1.03. The predicted octanol–water partition coefficient (Wildman–Crippen LogP) is 1.03. The van der Waals surface area contributed by atoms with Gasteiger partial charge in [0.1, 0.15) is 11.4 Å². The van der Waals surface area contributed by atoms with Gasteiger partial charge in [-0.2, -0.15) is 0 Å². The van der Waals surface area contributed by atoms with Gasteiger partial charge in [0.15, 0.2) is 11.4 Å². The van der Waals surface area contributed by atoms with Crippen LogP contribution in [0.4, 0.5) is 0 Å². The molecule has 2 heterocycles. The van der Waals surface area contributed by atoms with E-state index in [2.05, 4.69) is 9.47 Å². The van der Waals surface area contributed by atoms with Crippen molar-refractivity contribution in [3.05, 3.63) is 17.8 Å². The van der Waals surface area contributed by atoms with Crippen molar-refractivity contribution in [2.24, 2.45) is 0 Å². The van der Waals surface area contributed by atoms with Crippen molar-refractivity contribution in [2.45, 2.75) is 13.0 Å². The second-order valence-electron chi connectivity index (χ2n) is 2.81. The summed E-state index contributed by atoms with van der Waals surface area (Å²) in [5.74, 6) is -0.814. The Bertz CT molecular complexity index is 452. The summed E-state index contributed by atoms with van der Waals surface area (Å²) in [6.07, 6.45) is 3.65. The maximum absolute atomic E-state index is 10.4. The highest BCUT2D eigenvalue weighted by Gasteiger charge is 2.14. The van der Waals surface area contributed by atoms with Gasteiger partial charge < -0.3 is 5.11 Å². The molecule has 0 aliphatic heterocycles. The van der Waals surface area contributed by atoms with Gasteiger partial charge in [0.25, 0.3) is 0 Å². The molecule has 0 aliphatic rings. The minimum atomic E-state index is -0.814. The van der Waals surface area contributed by atoms with Crippen molar-refractivity contribution in [1.29, 1.82) is 0 Å². The first-order chi connectivity index (χ1) is 7.25. The summed E-state index contributed by atoms with van der Waals surface area (Å²) in [7, 11) is 0. The van der Waals surface area contributed by atoms with Crippen molar-refractivity contribution >= 4 is 28.8 Å². The molecule has 0 fully saturated rings. The fourth-order valence-corrected chi connectivity index (χ4v) is 2.45. The molecule has 5 nitrogen and oxygen atoms in total. The van der Waals surface area contributed by atoms with Crippen molar-refractivity contribution in [3.63, 3.8) is 0 Å². The second-order valence-corrected chi connectivity index (χ2v) is 4.49. The molecule has 2 aromatic rings. The first kappa shape index (κ1) is 10.2. The lowest BCUT2D eigenvalue weighted by Crippen LogP contribution is -2.35. The standard InChI is InChI=1S/C8H7N3O2S2/c12-7(13)1-3-11-5-6(15-10-11)8-9-2-4-14-8/h2,4-5H,1,3H2/p+1. The van der Waals surface area contributed by atoms with E-state index in [1.54, 1.807) is 22.2 Å². The number of carbonyl (C=O) groups is 1. The molecule has 0 saturated carbocycles. The Hall–Kier alpha value is -1.34. The number of aryl methyl sites for hydroxylation is 1. The van der Waals surface area contributed by atoms with Gasteiger partial charge in [0, 0.05) is 23.1 Å². The van der Waals surface area contributed by atoms with Crippen LogP contribution in [-0.2, 0) is 11.3 Å². The monoisotopic (exact) mass is 242 g/mol. The molecule has 0 spiro atoms. The number of rotatable bonds is 4. The lowest BCUT2D eigenvalue weighted by atomic mass is 10.4. The zero-order chi connectivity index (χ0) is 10.7. The average Bonchev–Trinajstić information content (AvgIpc) is 2.85. The number of thiazole rings is 1. The molecule has 0 aromatic carbocycles. The third kappa shape index (κ3) is 2.57. The topological polar surface area (TPSA) is 67.0 Å². The molecule has 0 radical (unpaired) electrons. The zero-order valence-corrected chi connectivity index (χ0v) is 9.29. The zero-order valence-electron chi connectivity index (χ0n) is 7.66. The highest BCUT2D eigenvalue weighted by atomic mass is 32.1. The summed E-state index contributed by atoms with van der Waals surface area (Å²) in [5.41, 5.74) is 0. The molecular weight excluding hydrogens is 234 g/mol. The molecule has 0 atom stereocenters. The SMILES string of the molecule is O=C(O)CC[n+]1cc(-c2nccs2)sn1. The summed E-state index contributed by atoms with van der Waals surface area (Å²) >= 11 is 2.87. The lowest BCUT2D eigenvalue weighted by Gasteiger charge is -1.84. The summed E-state index contributed by atoms with van der Waals surface area (Å²) in [6.45, 7) is 0.400. The van der Waals surface area contributed by atoms with Gasteiger partial charge in [0.2, 0.25) is 6.20 Å². The number of aliphatic carboxylic acids is 1. The molecule has 0 bridgehead atoms. The summed E-state index contributed by atoms with van der Waals surface area (Å²) in [6, 6.07) is 0. The second kappa shape index (κ2) is 4.45. The first-order valence-electron chi connectivity index (χ1n) is 4.24. The van der Waals surface area contributed by atoms with Crippen LogP contribution in [-0.4, -0.2) is 20.5 Å². The molecule has 0 saturated heterocycles. The molecule has 1 N–H and O–H groups in total. The molecule has 2 aromatic heterocycles. The van der Waals surface area contributed by atoms with E-state index in [0.717, 1.165) is 9.88 Å². The van der Waals surface area contributed by atoms with Gasteiger partial charge in [-0.15, -0.1) is 11.3 Å². The summed E-state index contributed by atoms with van der Waals surface area (Å²) < 4.78 is 5.74. The summed E-state index contributed by atoms with van der Waals surface area (Å²) in [4.78, 5) is 15.5. The van der Waals surface area contributed by atoms with Gasteiger partial charge in [-0.05, 0) is 0 Å². The maximum atomic E-state index is 10.4. The van der Waals surface area contributed by atoms with Gasteiger partial charge in [-0.25, -0.2) is 4.98 Å². The normalized spacial score (nSPS) is 10.4. The van der Waals surface area contributed by atoms with E-state index < -0.39 is 5.97 Å². The van der Waals surface area contributed by atoms with Crippen LogP contribution in [0.3, 0.4) is 0 Å². The van der Waals surface area contributed by atoms with Gasteiger partial charge in [-0.3, -0.25) is 4.79 Å². The Morgan fingerprint density at radius 2 is 2.47 bits per heavy atom. The first-order valence-corrected chi connectivity index (χ1v) is 5.89. The van der Waals surface area contributed by atoms with E-state index in [0.29, 0.717) is 6.54 Å². The molecule has 0 amide bonds. The quantitative estimate of drug-likeness (QED) is 0.813. The Morgan fingerprint density at radius 1 is 1.60 bits per heavy atom. The number of nitrogens with zero attached hydrogens (tertiary/aromatic N) is 3. The molecule has 2 rings (SSSR count). The van der Waals surface area contributed by atoms with Crippen molar-refractivity contribution in [2.75, 3.05) is 0 Å². The minimum absolute atomic E-state index is 0.0890. The van der Waals surface area contributed by atoms with E-state index in [4.69, 9.17) is 5.11 Å². The van der Waals surface area contributed by atoms with Crippen LogP contribution in [0.5, 0.6) is 0 Å². The van der Waals surface area contributed by atoms with E-state index >= 15 is 0 Å². The van der Waals surface area contributed by atoms with Gasteiger partial charge >= 0.3 is 5.97 Å². The average molecular weight is 242 g/mol. The number of hydrogen-bond acceptors (Lipinski definition) is 5. The third-order valence-electron chi connectivity index (χ3n) is 1.71. The van der Waals surface area contributed by atoms with Crippen LogP contribution in [0, 0.1) is 0 Å². The van der Waals surface area contributed by atoms with Crippen LogP contribution < -0.4 is 4.68 Å². The summed E-state index contributed by atoms with van der Waals surface area (Å²) in [5, 5.41) is 11.3. The molecule has 0 aliphatic carbocycles. The fraction of sp³-hybridized carbons (Fsp3) is 0.250. The third-order valence-corrected chi connectivity index (χ3v) is 3.43. The Balaban J connectivity index is 2.08. The molecule has 0 unspecified atom stereocenters. The minimum Gasteiger partial charge on any atom is -0.481 e. The molecule has 78 valence electrons. The van der Waals surface area contributed by atoms with E-state index in [-0.39, 0.29) is 6.42 Å². The highest BCUT2D eigenvalue weighted by Crippen LogP contribution is 2.22. The Kier molecular flexibility index (Phi) is 3.02. The number of aromatic nitrogens is 3. The van der Waals surface area contributed by atoms with Crippen molar-refractivity contribution < 1.29 is 14.6 Å². The number of carboxylic acids is 1. The highest BCUT2D eigenvalue weighted by molar-refractivity contribution is 7.18. The van der Waals surface area contributed by atoms with Gasteiger partial charge in [0.05, 0.1) is 4.49 Å². The van der Waals surface area contributed by atoms with Crippen LogP contribution in [0.1, 0.15) is 6.42 Å². The molecule has 15 heavy (non-hydrogen) atoms. The number of hydrogen-bond donors (Lipinski definition) is 1. The van der Waals surface area contributed by atoms with E-state index in [1.165, 1.54) is 11.5 Å². The Morgan fingerprint density at radius 3 is 3.13 bits per heavy atom. The largest absolute Gasteiger partial charge is 0.481 e. The molecular formula is C8H8N3O2S2+. The van der Waals surface area contributed by atoms with E-state index in [1.807, 2.05) is 11.6 Å². The smallest absolute Gasteiger partial charge is 0.309 e. The van der Waals surface area contributed by atoms with Crippen molar-refractivity contribution in [1.82, 2.24) is 9.47 Å². The van der Waals surface area contributed by atoms with E-state index in [9.17, 15) is 4.79 Å². The Labute approximate surface area is 93.8 Å². The predicted molar refractivity (Wildman–Crippen MR) is 55.7 cm³/mol. The molecule has 7 heteroatoms.